The summed E-state index contributed by atoms with van der Waals surface area (Å²) in [6.07, 6.45) is 3.57. The Labute approximate surface area is 143 Å². The van der Waals surface area contributed by atoms with Gasteiger partial charge in [0.25, 0.3) is 11.1 Å². The first kappa shape index (κ1) is 16.2. The van der Waals surface area contributed by atoms with Crippen LogP contribution in [0.2, 0.25) is 0 Å². The fourth-order valence-electron chi connectivity index (χ4n) is 2.37. The van der Waals surface area contributed by atoms with Crippen LogP contribution >= 0.6 is 11.8 Å². The normalized spacial score (nSPS) is 17.0. The van der Waals surface area contributed by atoms with E-state index >= 15 is 0 Å². The highest BCUT2D eigenvalue weighted by Gasteiger charge is 2.37. The molecule has 0 saturated carbocycles. The number of carbonyl (C=O) groups excluding carboxylic acids is 2. The van der Waals surface area contributed by atoms with E-state index in [1.807, 2.05) is 43.3 Å². The highest BCUT2D eigenvalue weighted by molar-refractivity contribution is 8.18. The van der Waals surface area contributed by atoms with Crippen molar-refractivity contribution >= 4 is 34.7 Å². The molecular formula is C19H14FNO2S. The monoisotopic (exact) mass is 339 g/mol. The molecule has 3 nitrogen and oxygen atoms in total. The van der Waals surface area contributed by atoms with E-state index < -0.39 is 17.0 Å². The maximum absolute atomic E-state index is 13.9. The number of para-hydroxylation sites is 1. The molecule has 1 saturated heterocycles. The summed E-state index contributed by atoms with van der Waals surface area (Å²) in [5, 5.41) is -0.496. The number of nitrogens with zero attached hydrogens (tertiary/aromatic N) is 1. The average Bonchev–Trinajstić information content (AvgIpc) is 2.83. The van der Waals surface area contributed by atoms with Crippen molar-refractivity contribution in [2.75, 3.05) is 4.90 Å². The van der Waals surface area contributed by atoms with Crippen molar-refractivity contribution in [3.05, 3.63) is 82.5 Å². The molecule has 0 N–H and O–H groups in total. The number of hydrogen-bond acceptors (Lipinski definition) is 3. The van der Waals surface area contributed by atoms with Crippen molar-refractivity contribution in [2.24, 2.45) is 0 Å². The van der Waals surface area contributed by atoms with Gasteiger partial charge in [0.05, 0.1) is 10.6 Å². The molecule has 24 heavy (non-hydrogen) atoms. The second-order valence-corrected chi connectivity index (χ2v) is 6.26. The molecule has 0 radical (unpaired) electrons. The van der Waals surface area contributed by atoms with Gasteiger partial charge in [-0.3, -0.25) is 9.59 Å². The summed E-state index contributed by atoms with van der Waals surface area (Å²) in [6, 6.07) is 15.4. The maximum Gasteiger partial charge on any atom is 0.298 e. The highest BCUT2D eigenvalue weighted by Crippen LogP contribution is 2.36. The molecule has 0 unspecified atom stereocenters. The molecular weight excluding hydrogens is 325 g/mol. The van der Waals surface area contributed by atoms with Crippen LogP contribution in [0.3, 0.4) is 0 Å². The van der Waals surface area contributed by atoms with Crippen LogP contribution in [-0.4, -0.2) is 11.1 Å². The summed E-state index contributed by atoms with van der Waals surface area (Å²) >= 11 is 0.815. The van der Waals surface area contributed by atoms with Gasteiger partial charge in [0.1, 0.15) is 5.82 Å². The Kier molecular flexibility index (Phi) is 4.62. The number of anilines is 1. The van der Waals surface area contributed by atoms with E-state index in [2.05, 4.69) is 0 Å². The Morgan fingerprint density at radius 2 is 1.71 bits per heavy atom. The Morgan fingerprint density at radius 1 is 1.04 bits per heavy atom. The lowest BCUT2D eigenvalue weighted by molar-refractivity contribution is -0.113. The van der Waals surface area contributed by atoms with Gasteiger partial charge >= 0.3 is 0 Å². The van der Waals surface area contributed by atoms with E-state index in [-0.39, 0.29) is 10.6 Å². The topological polar surface area (TPSA) is 37.4 Å². The predicted molar refractivity (Wildman–Crippen MR) is 95.0 cm³/mol. The van der Waals surface area contributed by atoms with Crippen molar-refractivity contribution in [2.45, 2.75) is 6.92 Å². The number of thioether (sulfide) groups is 1. The lowest BCUT2D eigenvalue weighted by Crippen LogP contribution is -2.28. The molecule has 1 heterocycles. The number of carbonyl (C=O) groups is 2. The number of imide groups is 1. The van der Waals surface area contributed by atoms with E-state index in [1.165, 1.54) is 18.2 Å². The van der Waals surface area contributed by atoms with Crippen molar-refractivity contribution in [1.82, 2.24) is 0 Å². The standard InChI is InChI=1S/C19H14FNO2S/c1-13(11-14-7-3-2-4-8-14)12-17-18(22)21(19(23)24-17)16-10-6-5-9-15(16)20/h2-12H,1H3/b13-11+,17-12-. The van der Waals surface area contributed by atoms with Gasteiger partial charge in [-0.1, -0.05) is 48.5 Å². The molecule has 0 atom stereocenters. The van der Waals surface area contributed by atoms with Crippen molar-refractivity contribution in [3.8, 4) is 0 Å². The number of allylic oxidation sites excluding steroid dienone is 2. The fourth-order valence-corrected chi connectivity index (χ4v) is 3.25. The first-order valence-corrected chi connectivity index (χ1v) is 8.14. The minimum absolute atomic E-state index is 0.0203. The first-order valence-electron chi connectivity index (χ1n) is 7.32. The molecule has 2 aromatic carbocycles. The van der Waals surface area contributed by atoms with Crippen LogP contribution in [0.1, 0.15) is 12.5 Å². The van der Waals surface area contributed by atoms with Crippen LogP contribution < -0.4 is 4.90 Å². The summed E-state index contributed by atoms with van der Waals surface area (Å²) in [5.41, 5.74) is 1.81. The second kappa shape index (κ2) is 6.84. The zero-order chi connectivity index (χ0) is 17.1. The van der Waals surface area contributed by atoms with E-state index in [9.17, 15) is 14.0 Å². The zero-order valence-electron chi connectivity index (χ0n) is 12.9. The third-order valence-corrected chi connectivity index (χ3v) is 4.31. The van der Waals surface area contributed by atoms with Crippen LogP contribution in [0.5, 0.6) is 0 Å². The molecule has 0 aliphatic carbocycles. The van der Waals surface area contributed by atoms with Gasteiger partial charge in [-0.15, -0.1) is 0 Å². The van der Waals surface area contributed by atoms with Gasteiger partial charge in [0.2, 0.25) is 0 Å². The summed E-state index contributed by atoms with van der Waals surface area (Å²) in [7, 11) is 0. The first-order chi connectivity index (χ1) is 11.6. The Balaban J connectivity index is 1.89. The average molecular weight is 339 g/mol. The Morgan fingerprint density at radius 3 is 2.42 bits per heavy atom. The minimum atomic E-state index is -0.599. The lowest BCUT2D eigenvalue weighted by Gasteiger charge is -2.12. The lowest BCUT2D eigenvalue weighted by atomic mass is 10.1. The van der Waals surface area contributed by atoms with Crippen LogP contribution in [0.15, 0.2) is 71.2 Å². The van der Waals surface area contributed by atoms with Crippen LogP contribution in [0.4, 0.5) is 14.9 Å². The molecule has 1 aliphatic rings. The Hall–Kier alpha value is -2.66. The van der Waals surface area contributed by atoms with Crippen LogP contribution in [0.25, 0.3) is 6.08 Å². The second-order valence-electron chi connectivity index (χ2n) is 5.27. The molecule has 0 aromatic heterocycles. The van der Waals surface area contributed by atoms with E-state index in [0.717, 1.165) is 27.8 Å². The van der Waals surface area contributed by atoms with Crippen molar-refractivity contribution < 1.29 is 14.0 Å². The summed E-state index contributed by atoms with van der Waals surface area (Å²) in [6.45, 7) is 1.85. The molecule has 1 aliphatic heterocycles. The molecule has 2 amide bonds. The maximum atomic E-state index is 13.9. The van der Waals surface area contributed by atoms with E-state index in [4.69, 9.17) is 0 Å². The fraction of sp³-hybridized carbons (Fsp3) is 0.0526. The number of benzene rings is 2. The number of hydrogen-bond donors (Lipinski definition) is 0. The van der Waals surface area contributed by atoms with Crippen LogP contribution in [-0.2, 0) is 4.79 Å². The third-order valence-electron chi connectivity index (χ3n) is 3.44. The quantitative estimate of drug-likeness (QED) is 0.738. The van der Waals surface area contributed by atoms with Crippen molar-refractivity contribution in [3.63, 3.8) is 0 Å². The molecule has 5 heteroatoms. The SMILES string of the molecule is CC(/C=C1\SC(=O)N(c2ccccc2F)C1=O)=C\c1ccccc1. The van der Waals surface area contributed by atoms with Gasteiger partial charge < -0.3 is 0 Å². The number of rotatable bonds is 3. The van der Waals surface area contributed by atoms with E-state index in [1.54, 1.807) is 12.1 Å². The predicted octanol–water partition coefficient (Wildman–Crippen LogP) is 5.01. The minimum Gasteiger partial charge on any atom is -0.268 e. The van der Waals surface area contributed by atoms with Gasteiger partial charge in [-0.05, 0) is 48.0 Å². The van der Waals surface area contributed by atoms with Gasteiger partial charge in [0.15, 0.2) is 0 Å². The summed E-state index contributed by atoms with van der Waals surface area (Å²) in [5.74, 6) is -1.10. The number of amides is 2. The third kappa shape index (κ3) is 3.31. The molecule has 120 valence electrons. The highest BCUT2D eigenvalue weighted by atomic mass is 32.2. The largest absolute Gasteiger partial charge is 0.298 e. The van der Waals surface area contributed by atoms with Crippen molar-refractivity contribution in [1.29, 1.82) is 0 Å². The molecule has 0 bridgehead atoms. The summed E-state index contributed by atoms with van der Waals surface area (Å²) < 4.78 is 13.9. The van der Waals surface area contributed by atoms with Crippen LogP contribution in [0, 0.1) is 5.82 Å². The number of halogens is 1. The molecule has 2 aromatic rings. The van der Waals surface area contributed by atoms with Gasteiger partial charge in [-0.25, -0.2) is 9.29 Å². The summed E-state index contributed by atoms with van der Waals surface area (Å²) in [4.78, 5) is 25.8. The smallest absolute Gasteiger partial charge is 0.268 e. The molecule has 3 rings (SSSR count). The Bertz CT molecular complexity index is 859. The zero-order valence-corrected chi connectivity index (χ0v) is 13.7. The molecule has 0 spiro atoms. The van der Waals surface area contributed by atoms with Gasteiger partial charge in [0, 0.05) is 0 Å². The molecule has 1 fully saturated rings. The van der Waals surface area contributed by atoms with Gasteiger partial charge in [-0.2, -0.15) is 0 Å². The van der Waals surface area contributed by atoms with E-state index in [0.29, 0.717) is 0 Å².